The molecule has 0 saturated carbocycles. The molecule has 4 N–H and O–H groups in total. The molecular weight excluding hydrogens is 274 g/mol. The number of aromatic nitrogens is 1. The van der Waals surface area contributed by atoms with Gasteiger partial charge in [0.15, 0.2) is 5.13 Å². The summed E-state index contributed by atoms with van der Waals surface area (Å²) in [6.07, 6.45) is 0.954. The molecule has 2 rings (SSSR count). The van der Waals surface area contributed by atoms with Gasteiger partial charge in [-0.2, -0.15) is 0 Å². The maximum Gasteiger partial charge on any atom is 0.267 e. The van der Waals surface area contributed by atoms with Gasteiger partial charge in [0.1, 0.15) is 10.7 Å². The molecule has 1 atom stereocenters. The largest absolute Gasteiger partial charge is 0.382 e. The molecule has 1 aliphatic rings. The Morgan fingerprint density at radius 2 is 2.30 bits per heavy atom. The Balaban J connectivity index is 2.13. The lowest BCUT2D eigenvalue weighted by molar-refractivity contribution is 0.0784. The van der Waals surface area contributed by atoms with Crippen LogP contribution in [0.3, 0.4) is 0 Å². The zero-order valence-electron chi connectivity index (χ0n) is 12.3. The van der Waals surface area contributed by atoms with Crippen LogP contribution in [0.15, 0.2) is 0 Å². The highest BCUT2D eigenvalue weighted by Gasteiger charge is 2.26. The first-order chi connectivity index (χ1) is 9.38. The lowest BCUT2D eigenvalue weighted by Crippen LogP contribution is -2.30. The Bertz CT molecular complexity index is 487. The van der Waals surface area contributed by atoms with Crippen molar-refractivity contribution in [1.82, 2.24) is 9.88 Å². The number of hydrogen-bond donors (Lipinski definition) is 2. The van der Waals surface area contributed by atoms with Gasteiger partial charge in [0.25, 0.3) is 5.91 Å². The van der Waals surface area contributed by atoms with Crippen LogP contribution in [0.25, 0.3) is 0 Å². The van der Waals surface area contributed by atoms with Gasteiger partial charge in [-0.1, -0.05) is 25.2 Å². The van der Waals surface area contributed by atoms with Gasteiger partial charge in [0.05, 0.1) is 0 Å². The number of carbonyl (C=O) groups excluding carboxylic acids is 1. The first-order valence-corrected chi connectivity index (χ1v) is 7.72. The Hall–Kier alpha value is -1.34. The van der Waals surface area contributed by atoms with E-state index in [-0.39, 0.29) is 11.9 Å². The maximum atomic E-state index is 12.4. The number of carbonyl (C=O) groups is 1. The number of anilines is 2. The van der Waals surface area contributed by atoms with Crippen LogP contribution in [-0.2, 0) is 0 Å². The fourth-order valence-electron chi connectivity index (χ4n) is 2.37. The predicted octanol–water partition coefficient (Wildman–Crippen LogP) is 0.991. The number of hydrogen-bond acceptors (Lipinski definition) is 6. The standard InChI is InChI=1S/C13H23N5OS/c1-8(2)6-17(3)12(19)10-11(15)16-13(20-10)18-5-4-9(14)7-18/h8-9H,4-7,14-15H2,1-3H3. The van der Waals surface area contributed by atoms with Crippen molar-refractivity contribution in [3.8, 4) is 0 Å². The molecule has 1 fully saturated rings. The smallest absolute Gasteiger partial charge is 0.267 e. The molecule has 1 amide bonds. The van der Waals surface area contributed by atoms with Crippen molar-refractivity contribution < 1.29 is 4.79 Å². The minimum Gasteiger partial charge on any atom is -0.382 e. The second-order valence-corrected chi connectivity index (χ2v) is 6.76. The first kappa shape index (κ1) is 15.1. The summed E-state index contributed by atoms with van der Waals surface area (Å²) in [7, 11) is 1.80. The van der Waals surface area contributed by atoms with Gasteiger partial charge in [-0.05, 0) is 12.3 Å². The van der Waals surface area contributed by atoms with Crippen LogP contribution in [0.1, 0.15) is 29.9 Å². The molecule has 0 radical (unpaired) electrons. The molecule has 1 aromatic rings. The Morgan fingerprint density at radius 1 is 1.60 bits per heavy atom. The van der Waals surface area contributed by atoms with Crippen LogP contribution in [0.2, 0.25) is 0 Å². The van der Waals surface area contributed by atoms with Crippen LogP contribution < -0.4 is 16.4 Å². The molecule has 0 aromatic carbocycles. The predicted molar refractivity (Wildman–Crippen MR) is 83.1 cm³/mol. The lowest BCUT2D eigenvalue weighted by Gasteiger charge is -2.18. The third kappa shape index (κ3) is 3.21. The average Bonchev–Trinajstić information content (AvgIpc) is 2.93. The Labute approximate surface area is 123 Å². The van der Waals surface area contributed by atoms with Crippen molar-refractivity contribution >= 4 is 28.2 Å². The number of amides is 1. The van der Waals surface area contributed by atoms with Crippen LogP contribution in [0, 0.1) is 5.92 Å². The van der Waals surface area contributed by atoms with Crippen molar-refractivity contribution in [3.63, 3.8) is 0 Å². The second kappa shape index (κ2) is 5.97. The van der Waals surface area contributed by atoms with Crippen LogP contribution >= 0.6 is 11.3 Å². The van der Waals surface area contributed by atoms with Gasteiger partial charge < -0.3 is 21.3 Å². The highest BCUT2D eigenvalue weighted by atomic mass is 32.1. The molecule has 1 aliphatic heterocycles. The third-order valence-corrected chi connectivity index (χ3v) is 4.44. The summed E-state index contributed by atoms with van der Waals surface area (Å²) >= 11 is 1.37. The summed E-state index contributed by atoms with van der Waals surface area (Å²) in [5, 5.41) is 0.803. The molecule has 6 nitrogen and oxygen atoms in total. The van der Waals surface area contributed by atoms with Crippen molar-refractivity contribution in [2.45, 2.75) is 26.3 Å². The molecule has 2 heterocycles. The molecule has 0 aliphatic carbocycles. The Morgan fingerprint density at radius 3 is 2.85 bits per heavy atom. The highest BCUT2D eigenvalue weighted by molar-refractivity contribution is 7.18. The normalized spacial score (nSPS) is 18.9. The van der Waals surface area contributed by atoms with Crippen LogP contribution in [0.4, 0.5) is 10.9 Å². The fraction of sp³-hybridized carbons (Fsp3) is 0.692. The zero-order valence-corrected chi connectivity index (χ0v) is 13.1. The minimum absolute atomic E-state index is 0.0524. The van der Waals surface area contributed by atoms with E-state index in [2.05, 4.69) is 23.7 Å². The van der Waals surface area contributed by atoms with Crippen molar-refractivity contribution in [2.24, 2.45) is 11.7 Å². The summed E-state index contributed by atoms with van der Waals surface area (Å²) in [5.74, 6) is 0.698. The summed E-state index contributed by atoms with van der Waals surface area (Å²) in [5.41, 5.74) is 11.8. The van der Waals surface area contributed by atoms with Gasteiger partial charge in [-0.25, -0.2) is 4.98 Å². The molecule has 7 heteroatoms. The van der Waals surface area contributed by atoms with E-state index in [0.717, 1.165) is 24.6 Å². The average molecular weight is 297 g/mol. The molecule has 1 saturated heterocycles. The van der Waals surface area contributed by atoms with Gasteiger partial charge in [-0.3, -0.25) is 4.79 Å². The number of thiazole rings is 1. The number of nitrogen functional groups attached to an aromatic ring is 1. The highest BCUT2D eigenvalue weighted by Crippen LogP contribution is 2.31. The van der Waals surface area contributed by atoms with Crippen LogP contribution in [0.5, 0.6) is 0 Å². The summed E-state index contributed by atoms with van der Waals surface area (Å²) in [6.45, 7) is 6.53. The van der Waals surface area contributed by atoms with Gasteiger partial charge in [-0.15, -0.1) is 0 Å². The number of nitrogens with zero attached hydrogens (tertiary/aromatic N) is 3. The van der Waals surface area contributed by atoms with E-state index < -0.39 is 0 Å². The monoisotopic (exact) mass is 297 g/mol. The summed E-state index contributed by atoms with van der Waals surface area (Å²) in [4.78, 5) is 21.0. The van der Waals surface area contributed by atoms with E-state index in [1.54, 1.807) is 11.9 Å². The summed E-state index contributed by atoms with van der Waals surface area (Å²) in [6, 6.07) is 0.183. The zero-order chi connectivity index (χ0) is 14.9. The number of nitrogens with two attached hydrogens (primary N) is 2. The van der Waals surface area contributed by atoms with E-state index in [4.69, 9.17) is 11.5 Å². The molecule has 1 aromatic heterocycles. The van der Waals surface area contributed by atoms with E-state index in [1.165, 1.54) is 11.3 Å². The Kier molecular flexibility index (Phi) is 4.49. The molecule has 0 spiro atoms. The lowest BCUT2D eigenvalue weighted by atomic mass is 10.2. The van der Waals surface area contributed by atoms with Crippen molar-refractivity contribution in [2.75, 3.05) is 37.3 Å². The molecule has 1 unspecified atom stereocenters. The topological polar surface area (TPSA) is 88.5 Å². The fourth-order valence-corrected chi connectivity index (χ4v) is 3.39. The van der Waals surface area contributed by atoms with Crippen molar-refractivity contribution in [1.29, 1.82) is 0 Å². The van der Waals surface area contributed by atoms with Gasteiger partial charge in [0, 0.05) is 32.7 Å². The van der Waals surface area contributed by atoms with E-state index >= 15 is 0 Å². The number of rotatable bonds is 4. The maximum absolute atomic E-state index is 12.4. The quantitative estimate of drug-likeness (QED) is 0.865. The van der Waals surface area contributed by atoms with Crippen LogP contribution in [-0.4, -0.2) is 48.5 Å². The van der Waals surface area contributed by atoms with E-state index in [0.29, 0.717) is 23.2 Å². The molecular formula is C13H23N5OS. The first-order valence-electron chi connectivity index (χ1n) is 6.90. The molecule has 20 heavy (non-hydrogen) atoms. The van der Waals surface area contributed by atoms with Crippen molar-refractivity contribution in [3.05, 3.63) is 4.88 Å². The van der Waals surface area contributed by atoms with E-state index in [9.17, 15) is 4.79 Å². The molecule has 112 valence electrons. The third-order valence-electron chi connectivity index (χ3n) is 3.32. The van der Waals surface area contributed by atoms with Gasteiger partial charge in [0.2, 0.25) is 0 Å². The minimum atomic E-state index is -0.0524. The second-order valence-electron chi connectivity index (χ2n) is 5.79. The van der Waals surface area contributed by atoms with Gasteiger partial charge >= 0.3 is 0 Å². The SMILES string of the molecule is CC(C)CN(C)C(=O)c1sc(N2CCC(N)C2)nc1N. The molecule has 0 bridgehead atoms. The van der Waals surface area contributed by atoms with E-state index in [1.807, 2.05) is 0 Å². The summed E-state index contributed by atoms with van der Waals surface area (Å²) < 4.78 is 0.